The van der Waals surface area contributed by atoms with Crippen molar-refractivity contribution in [3.8, 4) is 22.6 Å². The Labute approximate surface area is 313 Å². The van der Waals surface area contributed by atoms with Crippen LogP contribution in [0.25, 0.3) is 11.1 Å². The molecule has 1 aliphatic rings. The third kappa shape index (κ3) is 11.9. The van der Waals surface area contributed by atoms with Crippen molar-refractivity contribution in [3.05, 3.63) is 81.9 Å². The highest BCUT2D eigenvalue weighted by Crippen LogP contribution is 2.44. The molecule has 0 amide bonds. The van der Waals surface area contributed by atoms with Gasteiger partial charge in [-0.15, -0.1) is 0 Å². The Balaban J connectivity index is 1.65. The van der Waals surface area contributed by atoms with E-state index in [-0.39, 0.29) is 69.3 Å². The second-order valence-electron chi connectivity index (χ2n) is 13.6. The average molecular weight is 791 g/mol. The summed E-state index contributed by atoms with van der Waals surface area (Å²) in [5.74, 6) is -1.56. The van der Waals surface area contributed by atoms with Crippen LogP contribution in [0.1, 0.15) is 92.4 Å². The van der Waals surface area contributed by atoms with Crippen molar-refractivity contribution in [1.82, 2.24) is 0 Å². The van der Waals surface area contributed by atoms with Crippen LogP contribution < -0.4 is 9.47 Å². The van der Waals surface area contributed by atoms with Gasteiger partial charge in [-0.05, 0) is 123 Å². The quantitative estimate of drug-likeness (QED) is 0.0920. The molecule has 4 rings (SSSR count). The van der Waals surface area contributed by atoms with Crippen LogP contribution in [0.3, 0.4) is 0 Å². The van der Waals surface area contributed by atoms with Gasteiger partial charge in [0.2, 0.25) is 0 Å². The number of carbonyl (C=O) groups is 2. The van der Waals surface area contributed by atoms with Gasteiger partial charge in [0.25, 0.3) is 0 Å². The first-order chi connectivity index (χ1) is 25.7. The highest BCUT2D eigenvalue weighted by Gasteiger charge is 2.39. The predicted molar refractivity (Wildman–Crippen MR) is 185 cm³/mol. The zero-order valence-electron chi connectivity index (χ0n) is 30.8. The first-order valence-electron chi connectivity index (χ1n) is 17.9. The number of carbonyl (C=O) groups excluding carboxylic acids is 2. The number of esters is 1. The van der Waals surface area contributed by atoms with Crippen molar-refractivity contribution in [3.63, 3.8) is 0 Å². The number of rotatable bonds is 14. The van der Waals surface area contributed by atoms with Gasteiger partial charge in [-0.25, -0.2) is 0 Å². The van der Waals surface area contributed by atoms with Crippen molar-refractivity contribution in [2.24, 2.45) is 11.8 Å². The molecule has 0 aromatic heterocycles. The summed E-state index contributed by atoms with van der Waals surface area (Å²) in [6.45, 7) is 7.63. The molecule has 3 aromatic rings. The summed E-state index contributed by atoms with van der Waals surface area (Å²) >= 11 is 0. The van der Waals surface area contributed by atoms with Crippen LogP contribution >= 0.6 is 0 Å². The standard InChI is InChI=1S/C40H43F9O6/c1-5-52-22-31(50)8-7-13-54-34-21-33(35(53-6-2)14-24(34)4)32-12-11-28(38(41,42)43)17-26(32)15-25-10-9-23(3)37(55-36(51)16-25)27-18-29(39(44,45)46)20-30(19-27)40(47,48)49/h11-12,14,17-21,23,25,37H,5-10,13,15-16,22H2,1-4H3/t23-,25?,37+/m1/s1. The zero-order chi connectivity index (χ0) is 40.7. The minimum Gasteiger partial charge on any atom is -0.493 e. The molecule has 1 saturated heterocycles. The van der Waals surface area contributed by atoms with Gasteiger partial charge >= 0.3 is 24.5 Å². The highest BCUT2D eigenvalue weighted by atomic mass is 19.4. The van der Waals surface area contributed by atoms with E-state index in [1.807, 2.05) is 0 Å². The molecule has 0 radical (unpaired) electrons. The fourth-order valence-electron chi connectivity index (χ4n) is 6.56. The molecule has 0 spiro atoms. The number of benzene rings is 3. The Morgan fingerprint density at radius 1 is 0.782 bits per heavy atom. The highest BCUT2D eigenvalue weighted by molar-refractivity contribution is 5.79. The molecule has 0 saturated carbocycles. The van der Waals surface area contributed by atoms with Crippen LogP contribution in [-0.2, 0) is 44.0 Å². The van der Waals surface area contributed by atoms with Crippen molar-refractivity contribution in [2.45, 2.75) is 90.9 Å². The van der Waals surface area contributed by atoms with Crippen molar-refractivity contribution < 1.29 is 68.1 Å². The number of ketones is 1. The number of halogens is 9. The van der Waals surface area contributed by atoms with Gasteiger partial charge in [-0.3, -0.25) is 9.59 Å². The van der Waals surface area contributed by atoms with Gasteiger partial charge in [-0.2, -0.15) is 39.5 Å². The maximum Gasteiger partial charge on any atom is 0.416 e. The molecule has 3 aromatic carbocycles. The summed E-state index contributed by atoms with van der Waals surface area (Å²) in [7, 11) is 0. The normalized spacial score (nSPS) is 18.3. The van der Waals surface area contributed by atoms with Crippen LogP contribution in [0.15, 0.2) is 48.5 Å². The third-order valence-corrected chi connectivity index (χ3v) is 9.33. The van der Waals surface area contributed by atoms with E-state index in [1.165, 1.54) is 13.0 Å². The Hall–Kier alpha value is -4.27. The molecule has 302 valence electrons. The van der Waals surface area contributed by atoms with E-state index in [9.17, 15) is 49.1 Å². The maximum atomic E-state index is 14.0. The zero-order valence-corrected chi connectivity index (χ0v) is 30.8. The van der Waals surface area contributed by atoms with E-state index >= 15 is 0 Å². The molecule has 0 bridgehead atoms. The summed E-state index contributed by atoms with van der Waals surface area (Å²) in [5, 5.41) is 0. The van der Waals surface area contributed by atoms with Gasteiger partial charge in [-0.1, -0.05) is 13.0 Å². The second-order valence-corrected chi connectivity index (χ2v) is 13.6. The second kappa shape index (κ2) is 18.1. The van der Waals surface area contributed by atoms with Crippen LogP contribution in [0.5, 0.6) is 11.5 Å². The van der Waals surface area contributed by atoms with E-state index in [0.29, 0.717) is 53.3 Å². The third-order valence-electron chi connectivity index (χ3n) is 9.33. The number of cyclic esters (lactones) is 1. The van der Waals surface area contributed by atoms with Crippen LogP contribution in [0.2, 0.25) is 0 Å². The molecule has 1 aliphatic heterocycles. The summed E-state index contributed by atoms with van der Waals surface area (Å²) in [6, 6.07) is 7.66. The maximum absolute atomic E-state index is 14.0. The van der Waals surface area contributed by atoms with Crippen LogP contribution in [-0.4, -0.2) is 38.2 Å². The number of hydrogen-bond acceptors (Lipinski definition) is 6. The number of hydrogen-bond donors (Lipinski definition) is 0. The molecule has 3 atom stereocenters. The molecule has 55 heavy (non-hydrogen) atoms. The molecule has 0 N–H and O–H groups in total. The first-order valence-corrected chi connectivity index (χ1v) is 17.9. The SMILES string of the molecule is CCOCC(=O)CCCOc1cc(-c2ccc(C(F)(F)F)cc2CC2CC[C@@H](C)[C@@H](c3cc(C(F)(F)F)cc(C(F)(F)F)c3)OC(=O)C2)c(OCC)cc1C. The average Bonchev–Trinajstić information content (AvgIpc) is 3.09. The Morgan fingerprint density at radius 2 is 1.44 bits per heavy atom. The van der Waals surface area contributed by atoms with E-state index in [4.69, 9.17) is 18.9 Å². The van der Waals surface area contributed by atoms with Gasteiger partial charge < -0.3 is 18.9 Å². The van der Waals surface area contributed by atoms with Crippen LogP contribution in [0, 0.1) is 18.8 Å². The lowest BCUT2D eigenvalue weighted by Gasteiger charge is -2.31. The van der Waals surface area contributed by atoms with E-state index in [2.05, 4.69) is 0 Å². The largest absolute Gasteiger partial charge is 0.493 e. The molecule has 1 fully saturated rings. The lowest BCUT2D eigenvalue weighted by Crippen LogP contribution is -2.26. The smallest absolute Gasteiger partial charge is 0.416 e. The number of ether oxygens (including phenoxy) is 4. The summed E-state index contributed by atoms with van der Waals surface area (Å²) in [6.07, 6.45) is -15.7. The number of aryl methyl sites for hydroxylation is 1. The predicted octanol–water partition coefficient (Wildman–Crippen LogP) is 11.1. The Bertz CT molecular complexity index is 1770. The number of alkyl halides is 9. The lowest BCUT2D eigenvalue weighted by atomic mass is 9.82. The molecular weight excluding hydrogens is 747 g/mol. The van der Waals surface area contributed by atoms with Crippen molar-refractivity contribution >= 4 is 11.8 Å². The van der Waals surface area contributed by atoms with Gasteiger partial charge in [0.05, 0.1) is 29.9 Å². The summed E-state index contributed by atoms with van der Waals surface area (Å²) in [4.78, 5) is 25.2. The molecule has 6 nitrogen and oxygen atoms in total. The lowest BCUT2D eigenvalue weighted by molar-refractivity contribution is -0.155. The fraction of sp³-hybridized carbons (Fsp3) is 0.500. The molecule has 15 heteroatoms. The van der Waals surface area contributed by atoms with Crippen molar-refractivity contribution in [1.29, 1.82) is 0 Å². The number of Topliss-reactive ketones (excluding diaryl/α,β-unsaturated/α-hetero) is 1. The van der Waals surface area contributed by atoms with Crippen molar-refractivity contribution in [2.75, 3.05) is 26.4 Å². The van der Waals surface area contributed by atoms with E-state index in [0.717, 1.165) is 12.1 Å². The Kier molecular flexibility index (Phi) is 14.3. The fourth-order valence-corrected chi connectivity index (χ4v) is 6.56. The van der Waals surface area contributed by atoms with Crippen LogP contribution in [0.4, 0.5) is 39.5 Å². The molecular formula is C40H43F9O6. The van der Waals surface area contributed by atoms with E-state index < -0.39 is 64.7 Å². The minimum atomic E-state index is -5.10. The van der Waals surface area contributed by atoms with Gasteiger partial charge in [0, 0.05) is 25.0 Å². The van der Waals surface area contributed by atoms with E-state index in [1.54, 1.807) is 32.9 Å². The monoisotopic (exact) mass is 790 g/mol. The Morgan fingerprint density at radius 3 is 2.04 bits per heavy atom. The summed E-state index contributed by atoms with van der Waals surface area (Å²) in [5.41, 5.74) is -2.78. The topological polar surface area (TPSA) is 71.1 Å². The van der Waals surface area contributed by atoms with Gasteiger partial charge in [0.1, 0.15) is 24.2 Å². The van der Waals surface area contributed by atoms with Gasteiger partial charge in [0.15, 0.2) is 5.78 Å². The minimum absolute atomic E-state index is 0.00371. The molecule has 1 unspecified atom stereocenters. The molecule has 1 heterocycles. The summed E-state index contributed by atoms with van der Waals surface area (Å²) < 4.78 is 146. The molecule has 0 aliphatic carbocycles. The first kappa shape index (κ1) is 43.5.